The number of aromatic carboxylic acids is 1. The molecule has 88 valence electrons. The van der Waals surface area contributed by atoms with Crippen LogP contribution in [-0.2, 0) is 0 Å². The quantitative estimate of drug-likeness (QED) is 0.849. The number of aryl methyl sites for hydroxylation is 2. The van der Waals surface area contributed by atoms with E-state index in [1.165, 1.54) is 11.3 Å². The van der Waals surface area contributed by atoms with Crippen molar-refractivity contribution in [3.05, 3.63) is 20.9 Å². The van der Waals surface area contributed by atoms with Crippen molar-refractivity contribution in [3.63, 3.8) is 0 Å². The van der Waals surface area contributed by atoms with Crippen molar-refractivity contribution in [2.75, 3.05) is 6.54 Å². The molecule has 1 rings (SSSR count). The van der Waals surface area contributed by atoms with Crippen molar-refractivity contribution >= 4 is 23.2 Å². The highest BCUT2D eigenvalue weighted by molar-refractivity contribution is 7.12. The van der Waals surface area contributed by atoms with Gasteiger partial charge >= 0.3 is 5.97 Å². The minimum Gasteiger partial charge on any atom is -0.478 e. The lowest BCUT2D eigenvalue weighted by molar-refractivity contribution is 0.0691. The van der Waals surface area contributed by atoms with Crippen LogP contribution in [0, 0.1) is 13.8 Å². The lowest BCUT2D eigenvalue weighted by atomic mass is 10.1. The van der Waals surface area contributed by atoms with Gasteiger partial charge in [0.15, 0.2) is 0 Å². The van der Waals surface area contributed by atoms with Gasteiger partial charge in [0, 0.05) is 16.3 Å². The van der Waals surface area contributed by atoms with Gasteiger partial charge in [0.25, 0.3) is 5.91 Å². The fourth-order valence-corrected chi connectivity index (χ4v) is 2.59. The Morgan fingerprint density at radius 3 is 2.31 bits per heavy atom. The third kappa shape index (κ3) is 2.41. The lowest BCUT2D eigenvalue weighted by Crippen LogP contribution is -2.26. The SMILES string of the molecule is CCCNC(=O)c1c(C)sc(C)c1C(=O)O. The van der Waals surface area contributed by atoms with Crippen LogP contribution in [0.3, 0.4) is 0 Å². The largest absolute Gasteiger partial charge is 0.478 e. The number of hydrogen-bond acceptors (Lipinski definition) is 3. The number of carbonyl (C=O) groups excluding carboxylic acids is 1. The molecule has 0 spiro atoms. The number of carboxylic acids is 1. The van der Waals surface area contributed by atoms with E-state index in [4.69, 9.17) is 5.11 Å². The first-order valence-corrected chi connectivity index (χ1v) is 5.92. The van der Waals surface area contributed by atoms with Crippen molar-refractivity contribution in [1.29, 1.82) is 0 Å². The van der Waals surface area contributed by atoms with Gasteiger partial charge in [-0.2, -0.15) is 0 Å². The average Bonchev–Trinajstić information content (AvgIpc) is 2.50. The third-order valence-corrected chi connectivity index (χ3v) is 3.26. The average molecular weight is 241 g/mol. The second kappa shape index (κ2) is 5.12. The van der Waals surface area contributed by atoms with Crippen LogP contribution in [0.2, 0.25) is 0 Å². The summed E-state index contributed by atoms with van der Waals surface area (Å²) in [5.41, 5.74) is 0.444. The monoisotopic (exact) mass is 241 g/mol. The molecule has 0 radical (unpaired) electrons. The van der Waals surface area contributed by atoms with Crippen LogP contribution in [0.25, 0.3) is 0 Å². The van der Waals surface area contributed by atoms with E-state index >= 15 is 0 Å². The predicted molar refractivity (Wildman–Crippen MR) is 63.4 cm³/mol. The zero-order chi connectivity index (χ0) is 12.3. The summed E-state index contributed by atoms with van der Waals surface area (Å²) >= 11 is 1.34. The summed E-state index contributed by atoms with van der Waals surface area (Å²) in [6, 6.07) is 0. The van der Waals surface area contributed by atoms with Gasteiger partial charge in [0.05, 0.1) is 11.1 Å². The molecule has 0 aliphatic rings. The van der Waals surface area contributed by atoms with Gasteiger partial charge in [-0.15, -0.1) is 11.3 Å². The van der Waals surface area contributed by atoms with Gasteiger partial charge in [-0.05, 0) is 20.3 Å². The summed E-state index contributed by atoms with van der Waals surface area (Å²) in [7, 11) is 0. The topological polar surface area (TPSA) is 66.4 Å². The van der Waals surface area contributed by atoms with Crippen LogP contribution in [0.1, 0.15) is 43.8 Å². The van der Waals surface area contributed by atoms with E-state index in [-0.39, 0.29) is 11.5 Å². The molecule has 5 heteroatoms. The van der Waals surface area contributed by atoms with Gasteiger partial charge in [0.1, 0.15) is 0 Å². The summed E-state index contributed by atoms with van der Waals surface area (Å²) in [6.45, 7) is 6.00. The van der Waals surface area contributed by atoms with E-state index < -0.39 is 5.97 Å². The Morgan fingerprint density at radius 2 is 1.81 bits per heavy atom. The highest BCUT2D eigenvalue weighted by Gasteiger charge is 2.23. The third-order valence-electron chi connectivity index (χ3n) is 2.24. The molecule has 4 nitrogen and oxygen atoms in total. The first kappa shape index (κ1) is 12.7. The Labute approximate surface area is 98.3 Å². The number of hydrogen-bond donors (Lipinski definition) is 2. The van der Waals surface area contributed by atoms with Crippen molar-refractivity contribution < 1.29 is 14.7 Å². The van der Waals surface area contributed by atoms with E-state index in [2.05, 4.69) is 5.32 Å². The van der Waals surface area contributed by atoms with E-state index in [1.54, 1.807) is 13.8 Å². The van der Waals surface area contributed by atoms with Crippen LogP contribution in [0.5, 0.6) is 0 Å². The van der Waals surface area contributed by atoms with Gasteiger partial charge in [-0.25, -0.2) is 4.79 Å². The van der Waals surface area contributed by atoms with Gasteiger partial charge < -0.3 is 10.4 Å². The van der Waals surface area contributed by atoms with Crippen molar-refractivity contribution in [2.24, 2.45) is 0 Å². The maximum Gasteiger partial charge on any atom is 0.337 e. The van der Waals surface area contributed by atoms with Crippen molar-refractivity contribution in [2.45, 2.75) is 27.2 Å². The fourth-order valence-electron chi connectivity index (χ4n) is 1.54. The summed E-state index contributed by atoms with van der Waals surface area (Å²) in [5, 5.41) is 11.8. The molecule has 0 aromatic carbocycles. The van der Waals surface area contributed by atoms with Gasteiger partial charge in [-0.3, -0.25) is 4.79 Å². The zero-order valence-electron chi connectivity index (χ0n) is 9.59. The molecule has 0 aliphatic heterocycles. The van der Waals surface area contributed by atoms with E-state index in [1.807, 2.05) is 6.92 Å². The van der Waals surface area contributed by atoms with Crippen LogP contribution >= 0.6 is 11.3 Å². The molecular formula is C11H15NO3S. The first-order valence-electron chi connectivity index (χ1n) is 5.10. The molecule has 1 aromatic rings. The molecule has 0 unspecified atom stereocenters. The van der Waals surface area contributed by atoms with Crippen molar-refractivity contribution in [1.82, 2.24) is 5.32 Å². The number of carbonyl (C=O) groups is 2. The standard InChI is InChI=1S/C11H15NO3S/c1-4-5-12-10(13)8-6(2)16-7(3)9(8)11(14)15/h4-5H2,1-3H3,(H,12,13)(H,14,15). The molecule has 0 fully saturated rings. The summed E-state index contributed by atoms with van der Waals surface area (Å²) < 4.78 is 0. The zero-order valence-corrected chi connectivity index (χ0v) is 10.4. The van der Waals surface area contributed by atoms with Crippen LogP contribution in [0.4, 0.5) is 0 Å². The summed E-state index contributed by atoms with van der Waals surface area (Å²) in [6.07, 6.45) is 0.830. The molecular weight excluding hydrogens is 226 g/mol. The molecule has 1 amide bonds. The Kier molecular flexibility index (Phi) is 4.06. The highest BCUT2D eigenvalue weighted by Crippen LogP contribution is 2.27. The summed E-state index contributed by atoms with van der Waals surface area (Å²) in [4.78, 5) is 24.3. The molecule has 16 heavy (non-hydrogen) atoms. The second-order valence-electron chi connectivity index (χ2n) is 3.53. The molecule has 2 N–H and O–H groups in total. The first-order chi connectivity index (χ1) is 7.49. The Hall–Kier alpha value is -1.36. The molecule has 0 aliphatic carbocycles. The smallest absolute Gasteiger partial charge is 0.337 e. The second-order valence-corrected chi connectivity index (χ2v) is 4.95. The van der Waals surface area contributed by atoms with Gasteiger partial charge in [-0.1, -0.05) is 6.92 Å². The van der Waals surface area contributed by atoms with Crippen LogP contribution in [-0.4, -0.2) is 23.5 Å². The van der Waals surface area contributed by atoms with E-state index in [0.29, 0.717) is 17.0 Å². The minimum absolute atomic E-state index is 0.135. The van der Waals surface area contributed by atoms with E-state index in [0.717, 1.165) is 11.3 Å². The van der Waals surface area contributed by atoms with Gasteiger partial charge in [0.2, 0.25) is 0 Å². The Morgan fingerprint density at radius 1 is 1.25 bits per heavy atom. The van der Waals surface area contributed by atoms with Crippen LogP contribution in [0.15, 0.2) is 0 Å². The molecule has 0 atom stereocenters. The Balaban J connectivity index is 3.11. The predicted octanol–water partition coefficient (Wildman–Crippen LogP) is 2.20. The Bertz CT molecular complexity index is 423. The maximum absolute atomic E-state index is 11.8. The number of rotatable bonds is 4. The summed E-state index contributed by atoms with van der Waals surface area (Å²) in [5.74, 6) is -1.33. The van der Waals surface area contributed by atoms with Crippen molar-refractivity contribution in [3.8, 4) is 0 Å². The number of nitrogens with one attached hydrogen (secondary N) is 1. The molecule has 0 bridgehead atoms. The fraction of sp³-hybridized carbons (Fsp3) is 0.455. The lowest BCUT2D eigenvalue weighted by Gasteiger charge is -2.04. The molecule has 0 saturated carbocycles. The van der Waals surface area contributed by atoms with Crippen LogP contribution < -0.4 is 5.32 Å². The number of thiophene rings is 1. The molecule has 0 saturated heterocycles. The minimum atomic E-state index is -1.04. The number of carboxylic acid groups (broad SMARTS) is 1. The number of amides is 1. The maximum atomic E-state index is 11.8. The molecule has 1 heterocycles. The normalized spacial score (nSPS) is 10.2. The highest BCUT2D eigenvalue weighted by atomic mass is 32.1. The van der Waals surface area contributed by atoms with E-state index in [9.17, 15) is 9.59 Å². The molecule has 1 aromatic heterocycles.